The normalized spacial score (nSPS) is 13.4. The zero-order valence-corrected chi connectivity index (χ0v) is 13.4. The van der Waals surface area contributed by atoms with Crippen LogP contribution in [-0.4, -0.2) is 22.6 Å². The summed E-state index contributed by atoms with van der Waals surface area (Å²) in [5.41, 5.74) is 10.0. The Morgan fingerprint density at radius 3 is 2.68 bits per heavy atom. The van der Waals surface area contributed by atoms with Crippen molar-refractivity contribution in [3.05, 3.63) is 78.3 Å². The zero-order chi connectivity index (χ0) is 17.2. The molecule has 3 N–H and O–H groups in total. The average molecular weight is 328 g/mol. The molecule has 122 valence electrons. The van der Waals surface area contributed by atoms with E-state index in [2.05, 4.69) is 15.5 Å². The topological polar surface area (TPSA) is 80.9 Å². The highest BCUT2D eigenvalue weighted by atomic mass is 16.1. The lowest BCUT2D eigenvalue weighted by molar-refractivity contribution is 0.100. The first-order valence-electron chi connectivity index (χ1n) is 7.97. The molecule has 4 rings (SSSR count). The Morgan fingerprint density at radius 2 is 1.92 bits per heavy atom. The summed E-state index contributed by atoms with van der Waals surface area (Å²) in [7, 11) is 0. The number of amides is 1. The standard InChI is InChI=1S/C20H16N4O/c21-20(25)18-5-1-4-17(15-3-2-8-22-10-15)19(18)13-6-7-14-11-23-24-12-16(14)9-13/h1-9,11-12,22H,10H2,(H2,21,25). The summed E-state index contributed by atoms with van der Waals surface area (Å²) in [5.74, 6) is -0.440. The summed E-state index contributed by atoms with van der Waals surface area (Å²) in [5, 5.41) is 13.0. The van der Waals surface area contributed by atoms with Crippen LogP contribution < -0.4 is 11.1 Å². The molecule has 2 heterocycles. The van der Waals surface area contributed by atoms with Crippen molar-refractivity contribution < 1.29 is 4.79 Å². The van der Waals surface area contributed by atoms with Gasteiger partial charge in [0.2, 0.25) is 5.91 Å². The van der Waals surface area contributed by atoms with Gasteiger partial charge in [0.05, 0.1) is 12.4 Å². The molecule has 0 radical (unpaired) electrons. The zero-order valence-electron chi connectivity index (χ0n) is 13.4. The molecule has 5 heteroatoms. The second-order valence-corrected chi connectivity index (χ2v) is 5.86. The van der Waals surface area contributed by atoms with Crippen LogP contribution in [0.1, 0.15) is 15.9 Å². The number of aromatic nitrogens is 2. The third-order valence-electron chi connectivity index (χ3n) is 4.32. The maximum atomic E-state index is 12.0. The number of nitrogens with zero attached hydrogens (tertiary/aromatic N) is 2. The number of nitrogens with two attached hydrogens (primary N) is 1. The van der Waals surface area contributed by atoms with Crippen LogP contribution in [-0.2, 0) is 0 Å². The van der Waals surface area contributed by atoms with Crippen molar-refractivity contribution >= 4 is 22.3 Å². The SMILES string of the molecule is NC(=O)c1cccc(C2=CC=CNC2)c1-c1ccc2cnncc2c1. The first kappa shape index (κ1) is 15.1. The molecular formula is C20H16N4O. The lowest BCUT2D eigenvalue weighted by atomic mass is 9.88. The van der Waals surface area contributed by atoms with Gasteiger partial charge in [0.1, 0.15) is 0 Å². The maximum absolute atomic E-state index is 12.0. The van der Waals surface area contributed by atoms with Crippen molar-refractivity contribution in [1.29, 1.82) is 0 Å². The number of fused-ring (bicyclic) bond motifs is 1. The molecule has 0 atom stereocenters. The summed E-state index contributed by atoms with van der Waals surface area (Å²) in [4.78, 5) is 12.0. The highest BCUT2D eigenvalue weighted by Gasteiger charge is 2.17. The van der Waals surface area contributed by atoms with E-state index in [1.165, 1.54) is 0 Å². The lowest BCUT2D eigenvalue weighted by Gasteiger charge is -2.18. The quantitative estimate of drug-likeness (QED) is 0.774. The van der Waals surface area contributed by atoms with Gasteiger partial charge in [-0.2, -0.15) is 10.2 Å². The second-order valence-electron chi connectivity index (χ2n) is 5.86. The Hall–Kier alpha value is -3.47. The van der Waals surface area contributed by atoms with Crippen molar-refractivity contribution in [3.63, 3.8) is 0 Å². The molecule has 1 amide bonds. The molecule has 3 aromatic rings. The molecule has 25 heavy (non-hydrogen) atoms. The predicted octanol–water partition coefficient (Wildman–Crippen LogP) is 2.90. The Morgan fingerprint density at radius 1 is 1.08 bits per heavy atom. The Labute approximate surface area is 144 Å². The fourth-order valence-electron chi connectivity index (χ4n) is 3.13. The van der Waals surface area contributed by atoms with Crippen LogP contribution in [0.2, 0.25) is 0 Å². The number of allylic oxidation sites excluding steroid dienone is 2. The monoisotopic (exact) mass is 328 g/mol. The highest BCUT2D eigenvalue weighted by Crippen LogP contribution is 2.34. The maximum Gasteiger partial charge on any atom is 0.249 e. The van der Waals surface area contributed by atoms with Crippen molar-refractivity contribution in [2.45, 2.75) is 0 Å². The molecule has 0 spiro atoms. The predicted molar refractivity (Wildman–Crippen MR) is 98.6 cm³/mol. The van der Waals surface area contributed by atoms with Crippen LogP contribution in [0.25, 0.3) is 27.5 Å². The van der Waals surface area contributed by atoms with E-state index < -0.39 is 5.91 Å². The lowest BCUT2D eigenvalue weighted by Crippen LogP contribution is -2.16. The molecule has 0 bridgehead atoms. The molecule has 0 fully saturated rings. The summed E-state index contributed by atoms with van der Waals surface area (Å²) in [6, 6.07) is 11.6. The Bertz CT molecular complexity index is 1040. The summed E-state index contributed by atoms with van der Waals surface area (Å²) in [6.45, 7) is 0.699. The molecule has 1 aliphatic heterocycles. The fourth-order valence-corrected chi connectivity index (χ4v) is 3.13. The van der Waals surface area contributed by atoms with Gasteiger partial charge < -0.3 is 11.1 Å². The molecule has 0 unspecified atom stereocenters. The molecule has 0 aliphatic carbocycles. The number of carbonyl (C=O) groups excluding carboxylic acids is 1. The molecule has 0 saturated heterocycles. The number of hydrogen-bond acceptors (Lipinski definition) is 4. The number of rotatable bonds is 3. The van der Waals surface area contributed by atoms with E-state index >= 15 is 0 Å². The van der Waals surface area contributed by atoms with E-state index in [0.29, 0.717) is 12.1 Å². The van der Waals surface area contributed by atoms with Crippen LogP contribution in [0, 0.1) is 0 Å². The van der Waals surface area contributed by atoms with E-state index in [-0.39, 0.29) is 0 Å². The van der Waals surface area contributed by atoms with Crippen LogP contribution >= 0.6 is 0 Å². The number of hydrogen-bond donors (Lipinski definition) is 2. The van der Waals surface area contributed by atoms with Crippen LogP contribution in [0.4, 0.5) is 0 Å². The minimum atomic E-state index is -0.440. The molecule has 0 saturated carbocycles. The second kappa shape index (κ2) is 6.20. The number of nitrogens with one attached hydrogen (secondary N) is 1. The van der Waals surface area contributed by atoms with Gasteiger partial charge in [0.25, 0.3) is 0 Å². The van der Waals surface area contributed by atoms with Gasteiger partial charge in [0, 0.05) is 28.4 Å². The van der Waals surface area contributed by atoms with Crippen molar-refractivity contribution in [1.82, 2.24) is 15.5 Å². The van der Waals surface area contributed by atoms with Crippen molar-refractivity contribution in [3.8, 4) is 11.1 Å². The van der Waals surface area contributed by atoms with Crippen molar-refractivity contribution in [2.75, 3.05) is 6.54 Å². The summed E-state index contributed by atoms with van der Waals surface area (Å²) in [6.07, 6.45) is 9.34. The van der Waals surface area contributed by atoms with Gasteiger partial charge in [-0.3, -0.25) is 4.79 Å². The van der Waals surface area contributed by atoms with Gasteiger partial charge in [0.15, 0.2) is 0 Å². The number of primary amides is 1. The molecular weight excluding hydrogens is 312 g/mol. The first-order valence-corrected chi connectivity index (χ1v) is 7.97. The van der Waals surface area contributed by atoms with Gasteiger partial charge >= 0.3 is 0 Å². The number of carbonyl (C=O) groups is 1. The number of dihydropyridines is 1. The summed E-state index contributed by atoms with van der Waals surface area (Å²) >= 11 is 0. The molecule has 2 aromatic carbocycles. The van der Waals surface area contributed by atoms with Gasteiger partial charge in [-0.1, -0.05) is 30.3 Å². The first-order chi connectivity index (χ1) is 12.2. The van der Waals surface area contributed by atoms with E-state index in [1.54, 1.807) is 18.5 Å². The van der Waals surface area contributed by atoms with Gasteiger partial charge in [-0.05, 0) is 41.1 Å². The molecule has 1 aliphatic rings. The van der Waals surface area contributed by atoms with E-state index in [9.17, 15) is 4.79 Å². The van der Waals surface area contributed by atoms with Crippen molar-refractivity contribution in [2.24, 2.45) is 5.73 Å². The van der Waals surface area contributed by atoms with Crippen LogP contribution in [0.3, 0.4) is 0 Å². The van der Waals surface area contributed by atoms with Gasteiger partial charge in [-0.15, -0.1) is 0 Å². The van der Waals surface area contributed by atoms with Crippen LogP contribution in [0.5, 0.6) is 0 Å². The van der Waals surface area contributed by atoms with Crippen LogP contribution in [0.15, 0.2) is 67.1 Å². The third kappa shape index (κ3) is 2.76. The Balaban J connectivity index is 1.98. The molecule has 1 aromatic heterocycles. The Kier molecular flexibility index (Phi) is 3.74. The smallest absolute Gasteiger partial charge is 0.249 e. The minimum Gasteiger partial charge on any atom is -0.387 e. The minimum absolute atomic E-state index is 0.440. The van der Waals surface area contributed by atoms with E-state index in [1.807, 2.05) is 48.7 Å². The van der Waals surface area contributed by atoms with E-state index in [4.69, 9.17) is 5.73 Å². The number of benzene rings is 2. The summed E-state index contributed by atoms with van der Waals surface area (Å²) < 4.78 is 0. The largest absolute Gasteiger partial charge is 0.387 e. The molecule has 5 nitrogen and oxygen atoms in total. The third-order valence-corrected chi connectivity index (χ3v) is 4.32. The average Bonchev–Trinajstić information content (AvgIpc) is 2.67. The van der Waals surface area contributed by atoms with Gasteiger partial charge in [-0.25, -0.2) is 0 Å². The fraction of sp³-hybridized carbons (Fsp3) is 0.0500. The highest BCUT2D eigenvalue weighted by molar-refractivity contribution is 6.04. The van der Waals surface area contributed by atoms with E-state index in [0.717, 1.165) is 33.0 Å².